The Hall–Kier alpha value is -0.800. The molecule has 1 heterocycles. The zero-order chi connectivity index (χ0) is 10.6. The van der Waals surface area contributed by atoms with Crippen molar-refractivity contribution < 1.29 is 4.74 Å². The summed E-state index contributed by atoms with van der Waals surface area (Å²) in [6.07, 6.45) is 1.91. The average molecular weight is 211 g/mol. The van der Waals surface area contributed by atoms with Gasteiger partial charge in [-0.1, -0.05) is 5.57 Å². The van der Waals surface area contributed by atoms with E-state index in [1.807, 2.05) is 18.4 Å². The van der Waals surface area contributed by atoms with Crippen molar-refractivity contribution in [1.82, 2.24) is 0 Å². The van der Waals surface area contributed by atoms with Gasteiger partial charge in [-0.3, -0.25) is 0 Å². The van der Waals surface area contributed by atoms with Crippen LogP contribution in [0, 0.1) is 0 Å². The Morgan fingerprint density at radius 2 is 2.43 bits per heavy atom. The fourth-order valence-corrected chi connectivity index (χ4v) is 2.18. The fourth-order valence-electron chi connectivity index (χ4n) is 1.28. The monoisotopic (exact) mass is 211 g/mol. The summed E-state index contributed by atoms with van der Waals surface area (Å²) in [5, 5.41) is 2.01. The lowest BCUT2D eigenvalue weighted by molar-refractivity contribution is 0.407. The summed E-state index contributed by atoms with van der Waals surface area (Å²) in [5.41, 5.74) is 7.23. The topological polar surface area (TPSA) is 35.2 Å². The first-order chi connectivity index (χ1) is 6.65. The van der Waals surface area contributed by atoms with E-state index in [9.17, 15) is 0 Å². The second kappa shape index (κ2) is 5.17. The summed E-state index contributed by atoms with van der Waals surface area (Å²) in [5.74, 6) is 0.907. The van der Waals surface area contributed by atoms with E-state index in [1.165, 1.54) is 5.57 Å². The third kappa shape index (κ3) is 2.86. The van der Waals surface area contributed by atoms with E-state index in [2.05, 4.69) is 6.58 Å². The van der Waals surface area contributed by atoms with Gasteiger partial charge in [0.25, 0.3) is 0 Å². The highest BCUT2D eigenvalue weighted by Crippen LogP contribution is 2.32. The van der Waals surface area contributed by atoms with Crippen molar-refractivity contribution >= 4 is 11.3 Å². The maximum atomic E-state index is 6.05. The van der Waals surface area contributed by atoms with Crippen LogP contribution in [0.1, 0.15) is 30.7 Å². The highest BCUT2D eigenvalue weighted by atomic mass is 32.1. The van der Waals surface area contributed by atoms with Crippen molar-refractivity contribution in [2.24, 2.45) is 5.73 Å². The summed E-state index contributed by atoms with van der Waals surface area (Å²) in [7, 11) is 1.68. The van der Waals surface area contributed by atoms with Crippen molar-refractivity contribution in [2.45, 2.75) is 25.8 Å². The van der Waals surface area contributed by atoms with E-state index >= 15 is 0 Å². The molecule has 1 aromatic heterocycles. The predicted molar refractivity (Wildman–Crippen MR) is 61.8 cm³/mol. The molecule has 0 saturated carbocycles. The quantitative estimate of drug-likeness (QED) is 0.759. The summed E-state index contributed by atoms with van der Waals surface area (Å²) in [4.78, 5) is 1.13. The zero-order valence-electron chi connectivity index (χ0n) is 8.75. The Morgan fingerprint density at radius 3 is 3.00 bits per heavy atom. The van der Waals surface area contributed by atoms with Crippen molar-refractivity contribution in [3.8, 4) is 5.75 Å². The molecule has 0 amide bonds. The molecule has 0 fully saturated rings. The maximum Gasteiger partial charge on any atom is 0.134 e. The second-order valence-electron chi connectivity index (χ2n) is 3.46. The van der Waals surface area contributed by atoms with E-state index in [0.717, 1.165) is 23.5 Å². The number of ether oxygens (including phenoxy) is 1. The first-order valence-electron chi connectivity index (χ1n) is 4.66. The third-order valence-electron chi connectivity index (χ3n) is 2.10. The number of thiophene rings is 1. The Labute approximate surface area is 89.4 Å². The molecule has 0 spiro atoms. The van der Waals surface area contributed by atoms with Crippen molar-refractivity contribution in [3.63, 3.8) is 0 Å². The molecule has 78 valence electrons. The van der Waals surface area contributed by atoms with E-state index in [4.69, 9.17) is 10.5 Å². The normalized spacial score (nSPS) is 12.5. The number of nitrogens with two attached hydrogens (primary N) is 1. The highest BCUT2D eigenvalue weighted by Gasteiger charge is 2.12. The molecule has 3 heteroatoms. The Bertz CT molecular complexity index is 306. The number of hydrogen-bond donors (Lipinski definition) is 1. The standard InChI is InChI=1S/C11H17NOS/c1-8(2)4-5-9(12)11-10(13-3)6-7-14-11/h6-7,9H,1,4-5,12H2,2-3H3. The Balaban J connectivity index is 2.59. The van der Waals surface area contributed by atoms with E-state index in [0.29, 0.717) is 0 Å². The van der Waals surface area contributed by atoms with Gasteiger partial charge in [0.1, 0.15) is 5.75 Å². The second-order valence-corrected chi connectivity index (χ2v) is 4.40. The number of allylic oxidation sites excluding steroid dienone is 1. The summed E-state index contributed by atoms with van der Waals surface area (Å²) in [6, 6.07) is 2.03. The van der Waals surface area contributed by atoms with Gasteiger partial charge < -0.3 is 10.5 Å². The Morgan fingerprint density at radius 1 is 1.71 bits per heavy atom. The van der Waals surface area contributed by atoms with Gasteiger partial charge in [-0.25, -0.2) is 0 Å². The van der Waals surface area contributed by atoms with Gasteiger partial charge in [0.15, 0.2) is 0 Å². The molecule has 1 aromatic rings. The van der Waals surface area contributed by atoms with Crippen LogP contribution in [0.5, 0.6) is 5.75 Å². The SMILES string of the molecule is C=C(C)CCC(N)c1sccc1OC. The van der Waals surface area contributed by atoms with Crippen LogP contribution in [0.3, 0.4) is 0 Å². The molecular formula is C11H17NOS. The zero-order valence-corrected chi connectivity index (χ0v) is 9.56. The van der Waals surface area contributed by atoms with Gasteiger partial charge in [0.05, 0.1) is 12.0 Å². The molecule has 0 aliphatic carbocycles. The molecule has 0 aliphatic rings. The molecule has 0 saturated heterocycles. The van der Waals surface area contributed by atoms with Gasteiger partial charge in [0.2, 0.25) is 0 Å². The molecule has 0 bridgehead atoms. The summed E-state index contributed by atoms with van der Waals surface area (Å²) in [6.45, 7) is 5.89. The molecule has 1 unspecified atom stereocenters. The number of hydrogen-bond acceptors (Lipinski definition) is 3. The van der Waals surface area contributed by atoms with Gasteiger partial charge in [-0.2, -0.15) is 0 Å². The van der Waals surface area contributed by atoms with Crippen LogP contribution < -0.4 is 10.5 Å². The molecule has 14 heavy (non-hydrogen) atoms. The van der Waals surface area contributed by atoms with E-state index in [1.54, 1.807) is 18.4 Å². The molecule has 0 aromatic carbocycles. The lowest BCUT2D eigenvalue weighted by Crippen LogP contribution is -2.09. The Kier molecular flexibility index (Phi) is 4.17. The van der Waals surface area contributed by atoms with Crippen LogP contribution in [0.15, 0.2) is 23.6 Å². The van der Waals surface area contributed by atoms with E-state index < -0.39 is 0 Å². The van der Waals surface area contributed by atoms with Crippen LogP contribution in [0.25, 0.3) is 0 Å². The highest BCUT2D eigenvalue weighted by molar-refractivity contribution is 7.10. The number of rotatable bonds is 5. The fraction of sp³-hybridized carbons (Fsp3) is 0.455. The maximum absolute atomic E-state index is 6.05. The third-order valence-corrected chi connectivity index (χ3v) is 3.13. The molecule has 0 aliphatic heterocycles. The molecule has 2 nitrogen and oxygen atoms in total. The van der Waals surface area contributed by atoms with E-state index in [-0.39, 0.29) is 6.04 Å². The first kappa shape index (κ1) is 11.3. The molecule has 0 radical (unpaired) electrons. The largest absolute Gasteiger partial charge is 0.496 e. The average Bonchev–Trinajstić information content (AvgIpc) is 2.61. The predicted octanol–water partition coefficient (Wildman–Crippen LogP) is 3.11. The van der Waals surface area contributed by atoms with Crippen LogP contribution in [0.2, 0.25) is 0 Å². The van der Waals surface area contributed by atoms with Gasteiger partial charge in [-0.05, 0) is 31.2 Å². The lowest BCUT2D eigenvalue weighted by Gasteiger charge is -2.11. The van der Waals surface area contributed by atoms with Gasteiger partial charge >= 0.3 is 0 Å². The van der Waals surface area contributed by atoms with Crippen molar-refractivity contribution in [3.05, 3.63) is 28.5 Å². The first-order valence-corrected chi connectivity index (χ1v) is 5.54. The van der Waals surface area contributed by atoms with Gasteiger partial charge in [-0.15, -0.1) is 17.9 Å². The van der Waals surface area contributed by atoms with Crippen LogP contribution in [-0.4, -0.2) is 7.11 Å². The lowest BCUT2D eigenvalue weighted by atomic mass is 10.1. The molecule has 1 rings (SSSR count). The number of methoxy groups -OCH3 is 1. The van der Waals surface area contributed by atoms with Gasteiger partial charge in [0, 0.05) is 6.04 Å². The van der Waals surface area contributed by atoms with Crippen LogP contribution >= 0.6 is 11.3 Å². The van der Waals surface area contributed by atoms with Crippen molar-refractivity contribution in [1.29, 1.82) is 0 Å². The summed E-state index contributed by atoms with van der Waals surface area (Å²) >= 11 is 1.65. The minimum atomic E-state index is 0.0710. The smallest absolute Gasteiger partial charge is 0.134 e. The molecular weight excluding hydrogens is 194 g/mol. The minimum absolute atomic E-state index is 0.0710. The molecule has 2 N–H and O–H groups in total. The summed E-state index contributed by atoms with van der Waals surface area (Å²) < 4.78 is 5.22. The van der Waals surface area contributed by atoms with Crippen molar-refractivity contribution in [2.75, 3.05) is 7.11 Å². The van der Waals surface area contributed by atoms with Crippen LogP contribution in [-0.2, 0) is 0 Å². The minimum Gasteiger partial charge on any atom is -0.496 e. The van der Waals surface area contributed by atoms with Crippen LogP contribution in [0.4, 0.5) is 0 Å². The molecule has 1 atom stereocenters.